The molecule has 11 heteroatoms. The first-order valence-corrected chi connectivity index (χ1v) is 7.61. The van der Waals surface area contributed by atoms with E-state index in [0.717, 1.165) is 9.58 Å². The number of aromatic nitrogens is 5. The largest absolute Gasteiger partial charge is 0.435 e. The van der Waals surface area contributed by atoms with Crippen LogP contribution >= 0.6 is 11.6 Å². The average Bonchev–Trinajstić information content (AvgIpc) is 3.17. The maximum Gasteiger partial charge on any atom is 0.435 e. The molecular formula is C15H12ClF3N6O. The molecule has 0 N–H and O–H groups in total. The molecule has 26 heavy (non-hydrogen) atoms. The molecule has 3 heterocycles. The molecular weight excluding hydrogens is 373 g/mol. The van der Waals surface area contributed by atoms with Crippen LogP contribution in [0.1, 0.15) is 16.2 Å². The number of carbonyl (C=O) groups excluding carboxylic acids is 1. The van der Waals surface area contributed by atoms with Gasteiger partial charge in [-0.25, -0.2) is 4.68 Å². The summed E-state index contributed by atoms with van der Waals surface area (Å²) in [5.41, 5.74) is -0.532. The van der Waals surface area contributed by atoms with Crippen molar-refractivity contribution in [2.45, 2.75) is 6.18 Å². The van der Waals surface area contributed by atoms with Crippen LogP contribution in [0.4, 0.5) is 18.9 Å². The van der Waals surface area contributed by atoms with Crippen LogP contribution in [0.3, 0.4) is 0 Å². The standard InChI is InChI=1S/C15H12ClF3N6O/c1-23(14(26)10-6-12(15(17,18)19)21-24(10)2)11-8-25(22-13(11)16)9-4-3-5-20-7-9/h3-8H,1-2H3. The number of anilines is 1. The smallest absolute Gasteiger partial charge is 0.306 e. The maximum absolute atomic E-state index is 12.8. The number of halogens is 4. The summed E-state index contributed by atoms with van der Waals surface area (Å²) in [6.45, 7) is 0. The molecule has 1 amide bonds. The monoisotopic (exact) mass is 384 g/mol. The third kappa shape index (κ3) is 3.27. The highest BCUT2D eigenvalue weighted by molar-refractivity contribution is 6.32. The highest BCUT2D eigenvalue weighted by Gasteiger charge is 2.36. The van der Waals surface area contributed by atoms with E-state index in [1.54, 1.807) is 24.5 Å². The van der Waals surface area contributed by atoms with Gasteiger partial charge in [-0.15, -0.1) is 0 Å². The van der Waals surface area contributed by atoms with Crippen molar-refractivity contribution in [2.24, 2.45) is 7.05 Å². The number of pyridine rings is 1. The summed E-state index contributed by atoms with van der Waals surface area (Å²) >= 11 is 6.09. The van der Waals surface area contributed by atoms with Crippen molar-refractivity contribution in [2.75, 3.05) is 11.9 Å². The lowest BCUT2D eigenvalue weighted by Crippen LogP contribution is -2.28. The summed E-state index contributed by atoms with van der Waals surface area (Å²) in [6, 6.07) is 4.13. The van der Waals surface area contributed by atoms with E-state index in [0.29, 0.717) is 11.8 Å². The molecule has 0 aromatic carbocycles. The summed E-state index contributed by atoms with van der Waals surface area (Å²) in [4.78, 5) is 17.7. The molecule has 0 unspecified atom stereocenters. The minimum atomic E-state index is -4.64. The molecule has 136 valence electrons. The second-order valence-electron chi connectivity index (χ2n) is 5.36. The Bertz CT molecular complexity index is 950. The van der Waals surface area contributed by atoms with Gasteiger partial charge in [-0.05, 0) is 12.1 Å². The maximum atomic E-state index is 12.8. The molecule has 0 aliphatic carbocycles. The quantitative estimate of drug-likeness (QED) is 0.696. The summed E-state index contributed by atoms with van der Waals surface area (Å²) in [5, 5.41) is 7.44. The van der Waals surface area contributed by atoms with Gasteiger partial charge in [0.15, 0.2) is 10.8 Å². The van der Waals surface area contributed by atoms with Crippen LogP contribution in [0.15, 0.2) is 36.8 Å². The molecule has 0 aliphatic heterocycles. The van der Waals surface area contributed by atoms with Gasteiger partial charge in [-0.3, -0.25) is 14.5 Å². The van der Waals surface area contributed by atoms with Gasteiger partial charge < -0.3 is 4.90 Å². The highest BCUT2D eigenvalue weighted by atomic mass is 35.5. The van der Waals surface area contributed by atoms with Crippen molar-refractivity contribution in [1.82, 2.24) is 24.5 Å². The SMILES string of the molecule is CN(C(=O)c1cc(C(F)(F)F)nn1C)c1cn(-c2cccnc2)nc1Cl. The Kier molecular flexibility index (Phi) is 4.45. The number of rotatable bonds is 3. The van der Waals surface area contributed by atoms with Gasteiger partial charge in [-0.1, -0.05) is 11.6 Å². The van der Waals surface area contributed by atoms with Crippen molar-refractivity contribution < 1.29 is 18.0 Å². The molecule has 0 bridgehead atoms. The van der Waals surface area contributed by atoms with Gasteiger partial charge >= 0.3 is 6.18 Å². The van der Waals surface area contributed by atoms with Crippen LogP contribution in [0.2, 0.25) is 5.15 Å². The Morgan fingerprint density at radius 1 is 1.31 bits per heavy atom. The van der Waals surface area contributed by atoms with E-state index < -0.39 is 17.8 Å². The van der Waals surface area contributed by atoms with Gasteiger partial charge in [0.2, 0.25) is 0 Å². The zero-order chi connectivity index (χ0) is 19.1. The van der Waals surface area contributed by atoms with E-state index in [1.165, 1.54) is 25.0 Å². The summed E-state index contributed by atoms with van der Waals surface area (Å²) < 4.78 is 40.6. The molecule has 0 radical (unpaired) electrons. The van der Waals surface area contributed by atoms with Gasteiger partial charge in [0.25, 0.3) is 5.91 Å². The number of alkyl halides is 3. The number of carbonyl (C=O) groups is 1. The summed E-state index contributed by atoms with van der Waals surface area (Å²) in [7, 11) is 2.65. The van der Waals surface area contributed by atoms with Crippen LogP contribution in [0, 0.1) is 0 Å². The van der Waals surface area contributed by atoms with Crippen LogP contribution < -0.4 is 4.90 Å². The van der Waals surface area contributed by atoms with E-state index >= 15 is 0 Å². The van der Waals surface area contributed by atoms with Gasteiger partial charge in [0.1, 0.15) is 11.4 Å². The number of aryl methyl sites for hydroxylation is 1. The van der Waals surface area contributed by atoms with Crippen LogP contribution in [-0.4, -0.2) is 37.5 Å². The fourth-order valence-corrected chi connectivity index (χ4v) is 2.53. The minimum Gasteiger partial charge on any atom is -0.306 e. The molecule has 0 aliphatic rings. The highest BCUT2D eigenvalue weighted by Crippen LogP contribution is 2.30. The van der Waals surface area contributed by atoms with Crippen molar-refractivity contribution in [1.29, 1.82) is 0 Å². The lowest BCUT2D eigenvalue weighted by atomic mass is 10.3. The zero-order valence-corrected chi connectivity index (χ0v) is 14.3. The fourth-order valence-electron chi connectivity index (χ4n) is 2.28. The second kappa shape index (κ2) is 6.45. The molecule has 7 nitrogen and oxygen atoms in total. The molecule has 0 spiro atoms. The molecule has 3 aromatic heterocycles. The number of amides is 1. The Balaban J connectivity index is 1.93. The number of nitrogens with zero attached hydrogens (tertiary/aromatic N) is 6. The first-order chi connectivity index (χ1) is 12.2. The molecule has 3 aromatic rings. The molecule has 0 saturated heterocycles. The van der Waals surface area contributed by atoms with E-state index in [2.05, 4.69) is 15.2 Å². The summed E-state index contributed by atoms with van der Waals surface area (Å²) in [6.07, 6.45) is -0.0204. The topological polar surface area (TPSA) is 68.8 Å². The Morgan fingerprint density at radius 2 is 2.04 bits per heavy atom. The van der Waals surface area contributed by atoms with Crippen LogP contribution in [0.5, 0.6) is 0 Å². The number of hydrogen-bond acceptors (Lipinski definition) is 4. The molecule has 0 atom stereocenters. The van der Waals surface area contributed by atoms with E-state index in [1.807, 2.05) is 0 Å². The Hall–Kier alpha value is -2.88. The summed E-state index contributed by atoms with van der Waals surface area (Å²) in [5.74, 6) is -0.705. The van der Waals surface area contributed by atoms with Crippen LogP contribution in [-0.2, 0) is 13.2 Å². The van der Waals surface area contributed by atoms with Gasteiger partial charge in [-0.2, -0.15) is 23.4 Å². The third-order valence-corrected chi connectivity index (χ3v) is 3.89. The van der Waals surface area contributed by atoms with E-state index in [-0.39, 0.29) is 16.5 Å². The van der Waals surface area contributed by atoms with Crippen molar-refractivity contribution in [3.05, 3.63) is 53.3 Å². The molecule has 0 saturated carbocycles. The Morgan fingerprint density at radius 3 is 2.62 bits per heavy atom. The molecule has 3 rings (SSSR count). The number of hydrogen-bond donors (Lipinski definition) is 0. The molecule has 0 fully saturated rings. The van der Waals surface area contributed by atoms with Gasteiger partial charge in [0.05, 0.1) is 18.1 Å². The predicted octanol–water partition coefficient (Wildman–Crippen LogP) is 2.95. The second-order valence-corrected chi connectivity index (χ2v) is 5.72. The zero-order valence-electron chi connectivity index (χ0n) is 13.6. The van der Waals surface area contributed by atoms with E-state index in [4.69, 9.17) is 11.6 Å². The predicted molar refractivity (Wildman–Crippen MR) is 87.3 cm³/mol. The first-order valence-electron chi connectivity index (χ1n) is 7.23. The third-order valence-electron chi connectivity index (χ3n) is 3.62. The minimum absolute atomic E-state index is 0.0166. The lowest BCUT2D eigenvalue weighted by Gasteiger charge is -2.15. The van der Waals surface area contributed by atoms with Crippen molar-refractivity contribution >= 4 is 23.2 Å². The van der Waals surface area contributed by atoms with Crippen molar-refractivity contribution in [3.8, 4) is 5.69 Å². The van der Waals surface area contributed by atoms with E-state index in [9.17, 15) is 18.0 Å². The van der Waals surface area contributed by atoms with Crippen LogP contribution in [0.25, 0.3) is 5.69 Å². The Labute approximate surface area is 150 Å². The first kappa shape index (κ1) is 17.9. The van der Waals surface area contributed by atoms with Crippen molar-refractivity contribution in [3.63, 3.8) is 0 Å². The fraction of sp³-hybridized carbons (Fsp3) is 0.200. The van der Waals surface area contributed by atoms with Gasteiger partial charge in [0, 0.05) is 26.4 Å². The normalized spacial score (nSPS) is 11.6. The lowest BCUT2D eigenvalue weighted by molar-refractivity contribution is -0.141. The average molecular weight is 385 g/mol.